The molecule has 4 rings (SSSR count). The van der Waals surface area contributed by atoms with Gasteiger partial charge in [0.05, 0.1) is 6.04 Å². The Balaban J connectivity index is 1.65. The van der Waals surface area contributed by atoms with Crippen LogP contribution >= 0.6 is 0 Å². The van der Waals surface area contributed by atoms with Crippen LogP contribution in [0.15, 0.2) is 12.1 Å². The van der Waals surface area contributed by atoms with Gasteiger partial charge in [0.2, 0.25) is 0 Å². The van der Waals surface area contributed by atoms with E-state index in [4.69, 9.17) is 9.47 Å². The number of carbonyl (C=O) groups is 2. The third-order valence-corrected chi connectivity index (χ3v) is 4.65. The van der Waals surface area contributed by atoms with Crippen molar-refractivity contribution in [2.75, 3.05) is 23.9 Å². The van der Waals surface area contributed by atoms with Crippen molar-refractivity contribution in [3.63, 3.8) is 0 Å². The van der Waals surface area contributed by atoms with Crippen LogP contribution in [0, 0.1) is 0 Å². The van der Waals surface area contributed by atoms with Gasteiger partial charge in [0, 0.05) is 6.04 Å². The standard InChI is InChI=1S/C15H18N4O4/c1-16-8-2-3-10-9(6-8)19(15(21)23-10)12-5-4-11-14(17-12)18-13(20)7-22-11/h4-5,8-10,16H,2-3,6-7H2,1H3,(H,17,18,20). The number of hydrogen-bond acceptors (Lipinski definition) is 6. The van der Waals surface area contributed by atoms with Crippen molar-refractivity contribution in [2.24, 2.45) is 0 Å². The lowest BCUT2D eigenvalue weighted by molar-refractivity contribution is -0.118. The maximum Gasteiger partial charge on any atom is 0.416 e. The number of rotatable bonds is 2. The number of hydrogen-bond donors (Lipinski definition) is 2. The molecule has 8 heteroatoms. The van der Waals surface area contributed by atoms with Crippen molar-refractivity contribution in [1.29, 1.82) is 0 Å². The van der Waals surface area contributed by atoms with Gasteiger partial charge in [-0.15, -0.1) is 0 Å². The third-order valence-electron chi connectivity index (χ3n) is 4.65. The first kappa shape index (κ1) is 14.3. The highest BCUT2D eigenvalue weighted by Gasteiger charge is 2.46. The van der Waals surface area contributed by atoms with E-state index in [9.17, 15) is 9.59 Å². The monoisotopic (exact) mass is 318 g/mol. The number of amides is 2. The molecule has 0 aromatic carbocycles. The second-order valence-corrected chi connectivity index (χ2v) is 6.01. The van der Waals surface area contributed by atoms with Crippen LogP contribution in [-0.4, -0.2) is 48.8 Å². The number of anilines is 2. The van der Waals surface area contributed by atoms with Gasteiger partial charge < -0.3 is 20.1 Å². The Hall–Kier alpha value is -2.35. The third kappa shape index (κ3) is 2.39. The topological polar surface area (TPSA) is 92.8 Å². The Morgan fingerprint density at radius 1 is 1.35 bits per heavy atom. The largest absolute Gasteiger partial charge is 0.480 e. The van der Waals surface area contributed by atoms with Gasteiger partial charge in [0.1, 0.15) is 11.9 Å². The Morgan fingerprint density at radius 2 is 2.22 bits per heavy atom. The summed E-state index contributed by atoms with van der Waals surface area (Å²) in [5, 5.41) is 5.93. The van der Waals surface area contributed by atoms with Gasteiger partial charge in [-0.05, 0) is 38.4 Å². The highest BCUT2D eigenvalue weighted by atomic mass is 16.6. The smallest absolute Gasteiger partial charge is 0.416 e. The predicted octanol–water partition coefficient (Wildman–Crippen LogP) is 0.878. The lowest BCUT2D eigenvalue weighted by Crippen LogP contribution is -2.46. The van der Waals surface area contributed by atoms with E-state index in [-0.39, 0.29) is 30.8 Å². The maximum absolute atomic E-state index is 12.3. The molecule has 3 heterocycles. The fraction of sp³-hybridized carbons (Fsp3) is 0.533. The molecular weight excluding hydrogens is 300 g/mol. The van der Waals surface area contributed by atoms with Crippen LogP contribution in [-0.2, 0) is 9.53 Å². The number of nitrogens with one attached hydrogen (secondary N) is 2. The second-order valence-electron chi connectivity index (χ2n) is 6.01. The summed E-state index contributed by atoms with van der Waals surface area (Å²) in [6.45, 7) is -0.0195. The molecule has 122 valence electrons. The van der Waals surface area contributed by atoms with Gasteiger partial charge in [-0.25, -0.2) is 9.78 Å². The molecule has 23 heavy (non-hydrogen) atoms. The SMILES string of the molecule is CNC1CCC2OC(=O)N(c3ccc4c(n3)NC(=O)CO4)C2C1. The number of carbonyl (C=O) groups excluding carboxylic acids is 2. The van der Waals surface area contributed by atoms with Gasteiger partial charge in [0.25, 0.3) is 5.91 Å². The van der Waals surface area contributed by atoms with Crippen molar-refractivity contribution >= 4 is 23.6 Å². The Bertz CT molecular complexity index is 665. The molecule has 3 unspecified atom stereocenters. The highest BCUT2D eigenvalue weighted by molar-refractivity contribution is 5.95. The van der Waals surface area contributed by atoms with Crippen LogP contribution < -0.4 is 20.3 Å². The van der Waals surface area contributed by atoms with Crippen LogP contribution in [0.3, 0.4) is 0 Å². The number of pyridine rings is 1. The maximum atomic E-state index is 12.3. The molecule has 2 N–H and O–H groups in total. The first-order chi connectivity index (χ1) is 11.2. The number of fused-ring (bicyclic) bond motifs is 2. The van der Waals surface area contributed by atoms with E-state index in [1.54, 1.807) is 17.0 Å². The summed E-state index contributed by atoms with van der Waals surface area (Å²) < 4.78 is 10.8. The quantitative estimate of drug-likeness (QED) is 0.841. The summed E-state index contributed by atoms with van der Waals surface area (Å²) in [4.78, 5) is 29.7. The van der Waals surface area contributed by atoms with E-state index >= 15 is 0 Å². The van der Waals surface area contributed by atoms with Crippen LogP contribution in [0.1, 0.15) is 19.3 Å². The predicted molar refractivity (Wildman–Crippen MR) is 81.6 cm³/mol. The minimum Gasteiger partial charge on any atom is -0.480 e. The fourth-order valence-electron chi connectivity index (χ4n) is 3.46. The molecule has 2 fully saturated rings. The summed E-state index contributed by atoms with van der Waals surface area (Å²) in [5.74, 6) is 1.07. The van der Waals surface area contributed by atoms with Crippen LogP contribution in [0.4, 0.5) is 16.4 Å². The average molecular weight is 318 g/mol. The molecule has 1 aromatic heterocycles. The molecule has 1 aliphatic carbocycles. The van der Waals surface area contributed by atoms with Crippen molar-refractivity contribution in [3.8, 4) is 5.75 Å². The second kappa shape index (κ2) is 5.38. The molecule has 1 saturated heterocycles. The Kier molecular flexibility index (Phi) is 3.33. The molecule has 3 aliphatic rings. The zero-order valence-corrected chi connectivity index (χ0v) is 12.7. The summed E-state index contributed by atoms with van der Waals surface area (Å²) in [6, 6.07) is 3.76. The minimum atomic E-state index is -0.382. The molecule has 0 bridgehead atoms. The van der Waals surface area contributed by atoms with Crippen LogP contribution in [0.2, 0.25) is 0 Å². The van der Waals surface area contributed by atoms with E-state index in [0.29, 0.717) is 23.4 Å². The lowest BCUT2D eigenvalue weighted by Gasteiger charge is -2.32. The first-order valence-electron chi connectivity index (χ1n) is 7.76. The van der Waals surface area contributed by atoms with Crippen molar-refractivity contribution in [2.45, 2.75) is 37.5 Å². The molecule has 3 atom stereocenters. The summed E-state index contributed by atoms with van der Waals surface area (Å²) in [6.07, 6.45) is 2.15. The summed E-state index contributed by atoms with van der Waals surface area (Å²) in [5.41, 5.74) is 0. The van der Waals surface area contributed by atoms with E-state index in [2.05, 4.69) is 15.6 Å². The molecule has 2 amide bonds. The number of ether oxygens (including phenoxy) is 2. The van der Waals surface area contributed by atoms with Crippen LogP contribution in [0.25, 0.3) is 0 Å². The normalized spacial score (nSPS) is 29.3. The van der Waals surface area contributed by atoms with E-state index < -0.39 is 0 Å². The molecule has 0 spiro atoms. The molecule has 8 nitrogen and oxygen atoms in total. The molecule has 0 radical (unpaired) electrons. The van der Waals surface area contributed by atoms with Crippen molar-refractivity contribution in [3.05, 3.63) is 12.1 Å². The zero-order chi connectivity index (χ0) is 16.0. The van der Waals surface area contributed by atoms with Gasteiger partial charge in [-0.1, -0.05) is 0 Å². The van der Waals surface area contributed by atoms with Gasteiger partial charge in [-0.3, -0.25) is 9.69 Å². The fourth-order valence-corrected chi connectivity index (χ4v) is 3.46. The minimum absolute atomic E-state index is 0.0195. The number of aromatic nitrogens is 1. The van der Waals surface area contributed by atoms with Gasteiger partial charge >= 0.3 is 6.09 Å². The van der Waals surface area contributed by atoms with E-state index in [0.717, 1.165) is 19.3 Å². The highest BCUT2D eigenvalue weighted by Crippen LogP contribution is 2.36. The Morgan fingerprint density at radius 3 is 3.04 bits per heavy atom. The summed E-state index contributed by atoms with van der Waals surface area (Å²) >= 11 is 0. The average Bonchev–Trinajstić information content (AvgIpc) is 2.88. The molecule has 1 saturated carbocycles. The summed E-state index contributed by atoms with van der Waals surface area (Å²) in [7, 11) is 1.93. The molecule has 1 aromatic rings. The van der Waals surface area contributed by atoms with E-state index in [1.165, 1.54) is 0 Å². The zero-order valence-electron chi connectivity index (χ0n) is 12.7. The lowest BCUT2D eigenvalue weighted by atomic mass is 9.88. The number of nitrogens with zero attached hydrogens (tertiary/aromatic N) is 2. The molecule has 2 aliphatic heterocycles. The van der Waals surface area contributed by atoms with Crippen molar-refractivity contribution < 1.29 is 19.1 Å². The van der Waals surface area contributed by atoms with Gasteiger partial charge in [-0.2, -0.15) is 0 Å². The molecular formula is C15H18N4O4. The first-order valence-corrected chi connectivity index (χ1v) is 7.76. The van der Waals surface area contributed by atoms with E-state index in [1.807, 2.05) is 7.05 Å². The van der Waals surface area contributed by atoms with Crippen molar-refractivity contribution in [1.82, 2.24) is 10.3 Å². The van der Waals surface area contributed by atoms with Gasteiger partial charge in [0.15, 0.2) is 18.2 Å². The Labute approximate surface area is 133 Å². The van der Waals surface area contributed by atoms with Crippen LogP contribution in [0.5, 0.6) is 5.75 Å².